The molecule has 0 aliphatic carbocycles. The molecule has 1 fully saturated rings. The Kier molecular flexibility index (Phi) is 4.09. The summed E-state index contributed by atoms with van der Waals surface area (Å²) in [5.41, 5.74) is 0.729. The Bertz CT molecular complexity index is 873. The number of likely N-dealkylation sites (tertiary alicyclic amines) is 1. The van der Waals surface area contributed by atoms with Gasteiger partial charge in [0.25, 0.3) is 5.91 Å². The highest BCUT2D eigenvalue weighted by Gasteiger charge is 2.27. The zero-order valence-corrected chi connectivity index (χ0v) is 14.0. The third-order valence-corrected chi connectivity index (χ3v) is 4.34. The number of hydrogen-bond donors (Lipinski definition) is 0. The van der Waals surface area contributed by atoms with E-state index in [1.54, 1.807) is 23.2 Å². The number of rotatable bonds is 3. The fourth-order valence-electron chi connectivity index (χ4n) is 3.13. The Morgan fingerprint density at radius 2 is 2.20 bits per heavy atom. The van der Waals surface area contributed by atoms with Crippen LogP contribution in [0.15, 0.2) is 47.0 Å². The molecule has 1 amide bonds. The molecule has 0 radical (unpaired) electrons. The van der Waals surface area contributed by atoms with Gasteiger partial charge in [0.15, 0.2) is 5.76 Å². The number of furan rings is 1. The summed E-state index contributed by atoms with van der Waals surface area (Å²) in [6.45, 7) is 3.06. The molecule has 3 aromatic rings. The van der Waals surface area contributed by atoms with Crippen LogP contribution in [0.2, 0.25) is 0 Å². The third-order valence-electron chi connectivity index (χ3n) is 4.34. The smallest absolute Gasteiger partial charge is 0.289 e. The van der Waals surface area contributed by atoms with Crippen molar-refractivity contribution in [1.82, 2.24) is 14.9 Å². The number of piperidine rings is 1. The predicted molar refractivity (Wildman–Crippen MR) is 92.5 cm³/mol. The highest BCUT2D eigenvalue weighted by atomic mass is 16.5. The standard InChI is InChI=1S/C19H19N3O3/c1-13-20-9-8-18(21-13)24-15-6-4-10-22(12-15)19(23)17-11-14-5-2-3-7-16(14)25-17/h2-3,5,7-9,11,15H,4,6,10,12H2,1H3. The molecule has 6 nitrogen and oxygen atoms in total. The number of amides is 1. The average molecular weight is 337 g/mol. The minimum absolute atomic E-state index is 0.0728. The van der Waals surface area contributed by atoms with Crippen molar-refractivity contribution in [2.75, 3.05) is 13.1 Å². The molecule has 2 aromatic heterocycles. The van der Waals surface area contributed by atoms with E-state index in [1.165, 1.54) is 0 Å². The van der Waals surface area contributed by atoms with Crippen LogP contribution in [0.3, 0.4) is 0 Å². The summed E-state index contributed by atoms with van der Waals surface area (Å²) in [5.74, 6) is 1.50. The van der Waals surface area contributed by atoms with Crippen molar-refractivity contribution >= 4 is 16.9 Å². The number of para-hydroxylation sites is 1. The number of carbonyl (C=O) groups is 1. The first-order valence-electron chi connectivity index (χ1n) is 8.43. The maximum atomic E-state index is 12.8. The second kappa shape index (κ2) is 6.55. The first-order valence-corrected chi connectivity index (χ1v) is 8.43. The minimum atomic E-state index is -0.0941. The van der Waals surface area contributed by atoms with Gasteiger partial charge < -0.3 is 14.1 Å². The van der Waals surface area contributed by atoms with Crippen LogP contribution >= 0.6 is 0 Å². The van der Waals surface area contributed by atoms with E-state index in [2.05, 4.69) is 9.97 Å². The van der Waals surface area contributed by atoms with E-state index < -0.39 is 0 Å². The van der Waals surface area contributed by atoms with E-state index in [1.807, 2.05) is 31.2 Å². The minimum Gasteiger partial charge on any atom is -0.472 e. The van der Waals surface area contributed by atoms with Crippen molar-refractivity contribution in [3.05, 3.63) is 54.2 Å². The topological polar surface area (TPSA) is 68.5 Å². The molecular formula is C19H19N3O3. The average Bonchev–Trinajstić information content (AvgIpc) is 3.05. The zero-order valence-electron chi connectivity index (χ0n) is 14.0. The molecule has 25 heavy (non-hydrogen) atoms. The van der Waals surface area contributed by atoms with E-state index in [4.69, 9.17) is 9.15 Å². The lowest BCUT2D eigenvalue weighted by Crippen LogP contribution is -2.44. The Morgan fingerprint density at radius 1 is 1.32 bits per heavy atom. The monoisotopic (exact) mass is 337 g/mol. The molecule has 0 N–H and O–H groups in total. The van der Waals surface area contributed by atoms with Crippen LogP contribution < -0.4 is 4.74 Å². The van der Waals surface area contributed by atoms with Crippen LogP contribution in [0.25, 0.3) is 11.0 Å². The quantitative estimate of drug-likeness (QED) is 0.734. The number of ether oxygens (including phenoxy) is 1. The molecular weight excluding hydrogens is 318 g/mol. The van der Waals surface area contributed by atoms with Crippen molar-refractivity contribution in [2.45, 2.75) is 25.9 Å². The third kappa shape index (κ3) is 3.33. The van der Waals surface area contributed by atoms with Gasteiger partial charge in [-0.2, -0.15) is 4.98 Å². The molecule has 0 bridgehead atoms. The van der Waals surface area contributed by atoms with Crippen molar-refractivity contribution in [3.8, 4) is 5.88 Å². The zero-order chi connectivity index (χ0) is 17.2. The second-order valence-corrected chi connectivity index (χ2v) is 6.22. The summed E-state index contributed by atoms with van der Waals surface area (Å²) in [7, 11) is 0. The normalized spacial score (nSPS) is 17.6. The van der Waals surface area contributed by atoms with E-state index in [-0.39, 0.29) is 12.0 Å². The first-order chi connectivity index (χ1) is 12.2. The Morgan fingerprint density at radius 3 is 3.04 bits per heavy atom. The number of hydrogen-bond acceptors (Lipinski definition) is 5. The Labute approximate surface area is 145 Å². The summed E-state index contributed by atoms with van der Waals surface area (Å²) >= 11 is 0. The molecule has 128 valence electrons. The summed E-state index contributed by atoms with van der Waals surface area (Å²) in [5, 5.41) is 0.937. The summed E-state index contributed by atoms with van der Waals surface area (Å²) in [6, 6.07) is 11.2. The van der Waals surface area contributed by atoms with Crippen molar-refractivity contribution < 1.29 is 13.9 Å². The lowest BCUT2D eigenvalue weighted by atomic mass is 10.1. The van der Waals surface area contributed by atoms with Crippen molar-refractivity contribution in [3.63, 3.8) is 0 Å². The lowest BCUT2D eigenvalue weighted by molar-refractivity contribution is 0.0502. The van der Waals surface area contributed by atoms with Crippen LogP contribution in [0.1, 0.15) is 29.2 Å². The number of fused-ring (bicyclic) bond motifs is 1. The molecule has 4 rings (SSSR count). The molecule has 1 saturated heterocycles. The molecule has 3 heterocycles. The van der Waals surface area contributed by atoms with Gasteiger partial charge >= 0.3 is 0 Å². The van der Waals surface area contributed by atoms with Gasteiger partial charge in [-0.25, -0.2) is 4.98 Å². The molecule has 1 aliphatic rings. The Balaban J connectivity index is 1.47. The van der Waals surface area contributed by atoms with E-state index in [9.17, 15) is 4.79 Å². The van der Waals surface area contributed by atoms with Crippen LogP contribution in [0, 0.1) is 6.92 Å². The molecule has 0 saturated carbocycles. The summed E-state index contributed by atoms with van der Waals surface area (Å²) in [6.07, 6.45) is 3.39. The second-order valence-electron chi connectivity index (χ2n) is 6.22. The molecule has 6 heteroatoms. The van der Waals surface area contributed by atoms with Gasteiger partial charge in [-0.1, -0.05) is 18.2 Å². The van der Waals surface area contributed by atoms with Gasteiger partial charge in [0, 0.05) is 24.2 Å². The first kappa shape index (κ1) is 15.6. The maximum Gasteiger partial charge on any atom is 0.289 e. The molecule has 1 atom stereocenters. The number of benzene rings is 1. The van der Waals surface area contributed by atoms with Gasteiger partial charge in [-0.05, 0) is 31.9 Å². The van der Waals surface area contributed by atoms with E-state index in [0.717, 1.165) is 23.8 Å². The number of nitrogens with zero attached hydrogens (tertiary/aromatic N) is 3. The largest absolute Gasteiger partial charge is 0.472 e. The molecule has 1 aromatic carbocycles. The van der Waals surface area contributed by atoms with Crippen LogP contribution in [0.5, 0.6) is 5.88 Å². The fraction of sp³-hybridized carbons (Fsp3) is 0.316. The summed E-state index contributed by atoms with van der Waals surface area (Å²) < 4.78 is 11.6. The van der Waals surface area contributed by atoms with E-state index in [0.29, 0.717) is 30.6 Å². The van der Waals surface area contributed by atoms with Gasteiger partial charge in [0.1, 0.15) is 17.5 Å². The molecule has 1 aliphatic heterocycles. The number of aromatic nitrogens is 2. The number of carbonyl (C=O) groups excluding carboxylic acids is 1. The van der Waals surface area contributed by atoms with E-state index >= 15 is 0 Å². The highest BCUT2D eigenvalue weighted by Crippen LogP contribution is 2.23. The lowest BCUT2D eigenvalue weighted by Gasteiger charge is -2.32. The van der Waals surface area contributed by atoms with Crippen molar-refractivity contribution in [1.29, 1.82) is 0 Å². The van der Waals surface area contributed by atoms with Crippen molar-refractivity contribution in [2.24, 2.45) is 0 Å². The van der Waals surface area contributed by atoms with Crippen LogP contribution in [-0.2, 0) is 0 Å². The molecule has 0 spiro atoms. The Hall–Kier alpha value is -2.89. The van der Waals surface area contributed by atoms with Crippen LogP contribution in [0.4, 0.5) is 0 Å². The number of aryl methyl sites for hydroxylation is 1. The predicted octanol–water partition coefficient (Wildman–Crippen LogP) is 3.21. The summed E-state index contributed by atoms with van der Waals surface area (Å²) in [4.78, 5) is 22.9. The SMILES string of the molecule is Cc1nccc(OC2CCCN(C(=O)c3cc4ccccc4o3)C2)n1. The fourth-order valence-corrected chi connectivity index (χ4v) is 3.13. The van der Waals surface area contributed by atoms with Gasteiger partial charge in [0.05, 0.1) is 6.54 Å². The highest BCUT2D eigenvalue weighted by molar-refractivity contribution is 5.96. The maximum absolute atomic E-state index is 12.8. The van der Waals surface area contributed by atoms with Crippen LogP contribution in [-0.4, -0.2) is 40.0 Å². The molecule has 1 unspecified atom stereocenters. The van der Waals surface area contributed by atoms with Gasteiger partial charge in [-0.3, -0.25) is 4.79 Å². The van der Waals surface area contributed by atoms with Gasteiger partial charge in [0.2, 0.25) is 5.88 Å². The van der Waals surface area contributed by atoms with Gasteiger partial charge in [-0.15, -0.1) is 0 Å².